The SMILES string of the molecule is CN(C(=O)C1(C(N)=NO)CCCCC1)C1CC1. The molecule has 0 bridgehead atoms. The zero-order valence-electron chi connectivity index (χ0n) is 10.4. The molecule has 5 heteroatoms. The van der Waals surface area contributed by atoms with Crippen LogP contribution in [-0.2, 0) is 4.79 Å². The van der Waals surface area contributed by atoms with Crippen molar-refractivity contribution in [2.45, 2.75) is 51.0 Å². The number of hydrogen-bond acceptors (Lipinski definition) is 3. The molecule has 2 fully saturated rings. The van der Waals surface area contributed by atoms with Gasteiger partial charge in [-0.3, -0.25) is 4.79 Å². The predicted molar refractivity (Wildman–Crippen MR) is 64.7 cm³/mol. The van der Waals surface area contributed by atoms with Gasteiger partial charge < -0.3 is 15.8 Å². The van der Waals surface area contributed by atoms with Crippen LogP contribution in [0.2, 0.25) is 0 Å². The summed E-state index contributed by atoms with van der Waals surface area (Å²) in [7, 11) is 1.83. The fraction of sp³-hybridized carbons (Fsp3) is 0.833. The minimum atomic E-state index is -0.746. The Kier molecular flexibility index (Phi) is 3.26. The molecular weight excluding hydrogens is 218 g/mol. The average Bonchev–Trinajstić information content (AvgIpc) is 3.21. The van der Waals surface area contributed by atoms with E-state index in [4.69, 9.17) is 10.9 Å². The van der Waals surface area contributed by atoms with Gasteiger partial charge in [0.1, 0.15) is 5.41 Å². The van der Waals surface area contributed by atoms with Crippen molar-refractivity contribution >= 4 is 11.7 Å². The smallest absolute Gasteiger partial charge is 0.236 e. The van der Waals surface area contributed by atoms with E-state index in [1.807, 2.05) is 7.05 Å². The molecule has 0 aliphatic heterocycles. The molecular formula is C12H21N3O2. The molecule has 0 radical (unpaired) electrons. The van der Waals surface area contributed by atoms with Gasteiger partial charge in [-0.15, -0.1) is 0 Å². The van der Waals surface area contributed by atoms with Gasteiger partial charge in [0.2, 0.25) is 5.91 Å². The molecule has 17 heavy (non-hydrogen) atoms. The van der Waals surface area contributed by atoms with Crippen molar-refractivity contribution in [2.75, 3.05) is 7.05 Å². The van der Waals surface area contributed by atoms with E-state index in [0.29, 0.717) is 18.9 Å². The molecule has 0 aromatic carbocycles. The van der Waals surface area contributed by atoms with Crippen molar-refractivity contribution in [1.29, 1.82) is 0 Å². The number of rotatable bonds is 3. The first kappa shape index (κ1) is 12.2. The summed E-state index contributed by atoms with van der Waals surface area (Å²) in [6.07, 6.45) is 6.64. The van der Waals surface area contributed by atoms with E-state index >= 15 is 0 Å². The highest BCUT2D eigenvalue weighted by molar-refractivity contribution is 6.06. The second-order valence-electron chi connectivity index (χ2n) is 5.28. The monoisotopic (exact) mass is 239 g/mol. The number of amidine groups is 1. The zero-order chi connectivity index (χ0) is 12.5. The molecule has 0 aromatic heterocycles. The molecule has 0 heterocycles. The average molecular weight is 239 g/mol. The van der Waals surface area contributed by atoms with Crippen LogP contribution in [0.15, 0.2) is 5.16 Å². The lowest BCUT2D eigenvalue weighted by atomic mass is 9.72. The molecule has 2 saturated carbocycles. The Balaban J connectivity index is 2.22. The standard InChI is InChI=1S/C12H21N3O2/c1-15(9-5-6-9)11(16)12(10(13)14-17)7-3-2-4-8-12/h9,17H,2-8H2,1H3,(H2,13,14). The van der Waals surface area contributed by atoms with Crippen LogP contribution in [-0.4, -0.2) is 34.9 Å². The van der Waals surface area contributed by atoms with Crippen LogP contribution in [0.3, 0.4) is 0 Å². The van der Waals surface area contributed by atoms with Crippen LogP contribution in [0, 0.1) is 5.41 Å². The first-order chi connectivity index (χ1) is 8.12. The normalized spacial score (nSPS) is 24.4. The predicted octanol–water partition coefficient (Wildman–Crippen LogP) is 1.30. The fourth-order valence-electron chi connectivity index (χ4n) is 2.80. The fourth-order valence-corrected chi connectivity index (χ4v) is 2.80. The van der Waals surface area contributed by atoms with Crippen molar-refractivity contribution in [1.82, 2.24) is 4.90 Å². The van der Waals surface area contributed by atoms with E-state index < -0.39 is 5.41 Å². The van der Waals surface area contributed by atoms with Gasteiger partial charge in [-0.25, -0.2) is 0 Å². The Morgan fingerprint density at radius 3 is 2.41 bits per heavy atom. The Labute approximate surface area is 102 Å². The van der Waals surface area contributed by atoms with Gasteiger partial charge in [0, 0.05) is 13.1 Å². The highest BCUT2D eigenvalue weighted by atomic mass is 16.4. The van der Waals surface area contributed by atoms with E-state index in [1.54, 1.807) is 4.90 Å². The van der Waals surface area contributed by atoms with Gasteiger partial charge in [-0.2, -0.15) is 0 Å². The summed E-state index contributed by atoms with van der Waals surface area (Å²) in [5.74, 6) is 0.129. The van der Waals surface area contributed by atoms with Crippen LogP contribution in [0.4, 0.5) is 0 Å². The van der Waals surface area contributed by atoms with Crippen LogP contribution >= 0.6 is 0 Å². The molecule has 2 aliphatic rings. The molecule has 0 unspecified atom stereocenters. The lowest BCUT2D eigenvalue weighted by Crippen LogP contribution is -2.52. The van der Waals surface area contributed by atoms with E-state index in [-0.39, 0.29) is 11.7 Å². The number of carbonyl (C=O) groups is 1. The zero-order valence-corrected chi connectivity index (χ0v) is 10.4. The van der Waals surface area contributed by atoms with Gasteiger partial charge >= 0.3 is 0 Å². The van der Waals surface area contributed by atoms with Crippen molar-refractivity contribution in [3.05, 3.63) is 0 Å². The Hall–Kier alpha value is -1.26. The number of hydrogen-bond donors (Lipinski definition) is 2. The minimum Gasteiger partial charge on any atom is -0.409 e. The van der Waals surface area contributed by atoms with Crippen molar-refractivity contribution < 1.29 is 10.0 Å². The van der Waals surface area contributed by atoms with Crippen LogP contribution in [0.1, 0.15) is 44.9 Å². The maximum atomic E-state index is 12.6. The van der Waals surface area contributed by atoms with Gasteiger partial charge in [-0.1, -0.05) is 24.4 Å². The topological polar surface area (TPSA) is 78.9 Å². The third kappa shape index (κ3) is 2.10. The molecule has 1 amide bonds. The molecule has 2 aliphatic carbocycles. The van der Waals surface area contributed by atoms with E-state index in [9.17, 15) is 4.79 Å². The summed E-state index contributed by atoms with van der Waals surface area (Å²) in [5, 5.41) is 12.0. The highest BCUT2D eigenvalue weighted by Gasteiger charge is 2.47. The van der Waals surface area contributed by atoms with Crippen LogP contribution in [0.5, 0.6) is 0 Å². The maximum Gasteiger partial charge on any atom is 0.236 e. The molecule has 0 aromatic rings. The van der Waals surface area contributed by atoms with Crippen molar-refractivity contribution in [2.24, 2.45) is 16.3 Å². The first-order valence-electron chi connectivity index (χ1n) is 6.37. The minimum absolute atomic E-state index is 0.0370. The van der Waals surface area contributed by atoms with E-state index in [2.05, 4.69) is 5.16 Å². The van der Waals surface area contributed by atoms with Gasteiger partial charge in [0.15, 0.2) is 5.84 Å². The first-order valence-corrected chi connectivity index (χ1v) is 6.37. The number of oxime groups is 1. The Bertz CT molecular complexity index is 331. The van der Waals surface area contributed by atoms with Crippen LogP contribution in [0.25, 0.3) is 0 Å². The van der Waals surface area contributed by atoms with Gasteiger partial charge in [0.05, 0.1) is 0 Å². The van der Waals surface area contributed by atoms with Crippen molar-refractivity contribution in [3.63, 3.8) is 0 Å². The van der Waals surface area contributed by atoms with Crippen LogP contribution < -0.4 is 5.73 Å². The summed E-state index contributed by atoms with van der Waals surface area (Å²) >= 11 is 0. The lowest BCUT2D eigenvalue weighted by molar-refractivity contribution is -0.139. The Morgan fingerprint density at radius 2 is 1.94 bits per heavy atom. The molecule has 2 rings (SSSR count). The quantitative estimate of drug-likeness (QED) is 0.337. The maximum absolute atomic E-state index is 12.6. The molecule has 5 nitrogen and oxygen atoms in total. The summed E-state index contributed by atoms with van der Waals surface area (Å²) in [6.45, 7) is 0. The lowest BCUT2D eigenvalue weighted by Gasteiger charge is -2.37. The summed E-state index contributed by atoms with van der Waals surface area (Å²) in [5.41, 5.74) is 5.05. The van der Waals surface area contributed by atoms with Crippen molar-refractivity contribution in [3.8, 4) is 0 Å². The van der Waals surface area contributed by atoms with E-state index in [1.165, 1.54) is 0 Å². The summed E-state index contributed by atoms with van der Waals surface area (Å²) in [4.78, 5) is 14.4. The molecule has 0 atom stereocenters. The summed E-state index contributed by atoms with van der Waals surface area (Å²) < 4.78 is 0. The molecule has 96 valence electrons. The third-order valence-electron chi connectivity index (χ3n) is 4.13. The summed E-state index contributed by atoms with van der Waals surface area (Å²) in [6, 6.07) is 0.368. The van der Waals surface area contributed by atoms with Gasteiger partial charge in [-0.05, 0) is 25.7 Å². The van der Waals surface area contributed by atoms with Gasteiger partial charge in [0.25, 0.3) is 0 Å². The molecule has 3 N–H and O–H groups in total. The highest BCUT2D eigenvalue weighted by Crippen LogP contribution is 2.40. The second-order valence-corrected chi connectivity index (χ2v) is 5.28. The van der Waals surface area contributed by atoms with E-state index in [0.717, 1.165) is 32.1 Å². The number of nitrogens with two attached hydrogens (primary N) is 1. The molecule has 0 spiro atoms. The molecule has 0 saturated heterocycles. The third-order valence-corrected chi connectivity index (χ3v) is 4.13. The Morgan fingerprint density at radius 1 is 1.35 bits per heavy atom. The number of carbonyl (C=O) groups excluding carboxylic acids is 1. The number of nitrogens with zero attached hydrogens (tertiary/aromatic N) is 2. The second kappa shape index (κ2) is 4.55. The largest absolute Gasteiger partial charge is 0.409 e. The number of amides is 1.